The Morgan fingerprint density at radius 2 is 1.91 bits per heavy atom. The number of thiophene rings is 1. The number of rotatable bonds is 3. The molecule has 3 heterocycles. The normalized spacial score (nSPS) is 16.1. The topological polar surface area (TPSA) is 29.0 Å². The highest BCUT2D eigenvalue weighted by molar-refractivity contribution is 7.18. The summed E-state index contributed by atoms with van der Waals surface area (Å²) in [7, 11) is 0. The molecule has 0 N–H and O–H groups in total. The van der Waals surface area contributed by atoms with Crippen LogP contribution in [0.1, 0.15) is 23.3 Å². The Balaban J connectivity index is 1.46. The summed E-state index contributed by atoms with van der Waals surface area (Å²) < 4.78 is 0. The van der Waals surface area contributed by atoms with E-state index in [1.165, 1.54) is 35.1 Å². The second-order valence-electron chi connectivity index (χ2n) is 6.39. The van der Waals surface area contributed by atoms with Gasteiger partial charge in [0.25, 0.3) is 0 Å². The molecule has 1 aliphatic heterocycles. The van der Waals surface area contributed by atoms with Gasteiger partial charge in [-0.2, -0.15) is 0 Å². The highest BCUT2D eigenvalue weighted by Crippen LogP contribution is 2.32. The number of benzene rings is 1. The minimum atomic E-state index is 0.787. The second kappa shape index (κ2) is 6.28. The van der Waals surface area contributed by atoms with E-state index in [0.29, 0.717) is 0 Å². The highest BCUT2D eigenvalue weighted by atomic mass is 32.1. The lowest BCUT2D eigenvalue weighted by molar-refractivity contribution is 0.402. The number of nitrogens with zero attached hydrogens (tertiary/aromatic N) is 3. The lowest BCUT2D eigenvalue weighted by Gasteiger charge is -2.33. The van der Waals surface area contributed by atoms with Crippen molar-refractivity contribution in [3.05, 3.63) is 53.2 Å². The van der Waals surface area contributed by atoms with Crippen molar-refractivity contribution in [1.29, 1.82) is 0 Å². The molecule has 3 aromatic rings. The average Bonchev–Trinajstić information content (AvgIpc) is 2.97. The molecule has 1 saturated heterocycles. The van der Waals surface area contributed by atoms with Gasteiger partial charge >= 0.3 is 0 Å². The highest BCUT2D eigenvalue weighted by Gasteiger charge is 2.22. The molecule has 0 bridgehead atoms. The van der Waals surface area contributed by atoms with Crippen LogP contribution in [0.5, 0.6) is 0 Å². The molecule has 0 aliphatic carbocycles. The number of hydrogen-bond donors (Lipinski definition) is 0. The van der Waals surface area contributed by atoms with E-state index in [9.17, 15) is 0 Å². The Bertz CT molecular complexity index is 789. The van der Waals surface area contributed by atoms with Crippen LogP contribution in [0.4, 0.5) is 5.82 Å². The molecule has 1 fully saturated rings. The van der Waals surface area contributed by atoms with Gasteiger partial charge in [-0.05, 0) is 43.7 Å². The standard InChI is InChI=1S/C19H21N3S/c1-14-11-17-18(20-13-21-19(17)23-14)22-9-7-16(8-10-22)12-15-5-3-2-4-6-15/h2-6,11,13,16H,7-10,12H2,1H3. The van der Waals surface area contributed by atoms with Crippen LogP contribution in [0.15, 0.2) is 42.7 Å². The van der Waals surface area contributed by atoms with E-state index in [-0.39, 0.29) is 0 Å². The molecule has 1 aliphatic rings. The number of anilines is 1. The maximum atomic E-state index is 4.57. The van der Waals surface area contributed by atoms with E-state index in [4.69, 9.17) is 0 Å². The molecular formula is C19H21N3S. The molecule has 2 aromatic heterocycles. The van der Waals surface area contributed by atoms with Crippen molar-refractivity contribution < 1.29 is 0 Å². The molecule has 0 atom stereocenters. The number of aryl methyl sites for hydroxylation is 1. The zero-order valence-corrected chi connectivity index (χ0v) is 14.2. The summed E-state index contributed by atoms with van der Waals surface area (Å²) in [6, 6.07) is 13.1. The molecule has 0 amide bonds. The summed E-state index contributed by atoms with van der Waals surface area (Å²) in [4.78, 5) is 13.8. The van der Waals surface area contributed by atoms with E-state index in [1.807, 2.05) is 0 Å². The van der Waals surface area contributed by atoms with Gasteiger partial charge in [-0.3, -0.25) is 0 Å². The number of aromatic nitrogens is 2. The van der Waals surface area contributed by atoms with Crippen LogP contribution in [-0.2, 0) is 6.42 Å². The van der Waals surface area contributed by atoms with Crippen LogP contribution in [0.3, 0.4) is 0 Å². The number of fused-ring (bicyclic) bond motifs is 1. The van der Waals surface area contributed by atoms with Gasteiger partial charge in [0.15, 0.2) is 0 Å². The van der Waals surface area contributed by atoms with Crippen LogP contribution in [0.2, 0.25) is 0 Å². The molecular weight excluding hydrogens is 302 g/mol. The molecule has 0 radical (unpaired) electrons. The maximum absolute atomic E-state index is 4.57. The third-order valence-electron chi connectivity index (χ3n) is 4.71. The molecule has 0 spiro atoms. The largest absolute Gasteiger partial charge is 0.356 e. The Morgan fingerprint density at radius 3 is 2.70 bits per heavy atom. The summed E-state index contributed by atoms with van der Waals surface area (Å²) in [5, 5.41) is 1.22. The lowest BCUT2D eigenvalue weighted by atomic mass is 9.90. The fourth-order valence-corrected chi connectivity index (χ4v) is 4.35. The predicted molar refractivity (Wildman–Crippen MR) is 97.2 cm³/mol. The van der Waals surface area contributed by atoms with Gasteiger partial charge in [-0.15, -0.1) is 11.3 Å². The first-order valence-corrected chi connectivity index (χ1v) is 9.11. The van der Waals surface area contributed by atoms with Crippen LogP contribution >= 0.6 is 11.3 Å². The maximum Gasteiger partial charge on any atom is 0.140 e. The summed E-state index contributed by atoms with van der Waals surface area (Å²) in [6.45, 7) is 4.33. The van der Waals surface area contributed by atoms with Gasteiger partial charge in [-0.25, -0.2) is 9.97 Å². The van der Waals surface area contributed by atoms with E-state index >= 15 is 0 Å². The first kappa shape index (κ1) is 14.6. The van der Waals surface area contributed by atoms with Gasteiger partial charge in [-0.1, -0.05) is 30.3 Å². The monoisotopic (exact) mass is 323 g/mol. The van der Waals surface area contributed by atoms with Gasteiger partial charge in [0.2, 0.25) is 0 Å². The Kier molecular flexibility index (Phi) is 4.00. The van der Waals surface area contributed by atoms with E-state index in [0.717, 1.165) is 29.7 Å². The fourth-order valence-electron chi connectivity index (χ4n) is 3.51. The number of hydrogen-bond acceptors (Lipinski definition) is 4. The van der Waals surface area contributed by atoms with Crippen LogP contribution < -0.4 is 4.90 Å². The van der Waals surface area contributed by atoms with Crippen LogP contribution in [0.25, 0.3) is 10.2 Å². The average molecular weight is 323 g/mol. The molecule has 3 nitrogen and oxygen atoms in total. The van der Waals surface area contributed by atoms with Gasteiger partial charge in [0, 0.05) is 18.0 Å². The molecule has 0 unspecified atom stereocenters. The Hall–Kier alpha value is -1.94. The third-order valence-corrected chi connectivity index (χ3v) is 5.67. The van der Waals surface area contributed by atoms with Crippen molar-refractivity contribution in [1.82, 2.24) is 9.97 Å². The quantitative estimate of drug-likeness (QED) is 0.712. The van der Waals surface area contributed by atoms with Crippen LogP contribution in [0, 0.1) is 12.8 Å². The van der Waals surface area contributed by atoms with Crippen molar-refractivity contribution in [2.75, 3.05) is 18.0 Å². The van der Waals surface area contributed by atoms with Crippen molar-refractivity contribution >= 4 is 27.4 Å². The Labute approximate surface area is 141 Å². The van der Waals surface area contributed by atoms with Crippen molar-refractivity contribution in [3.8, 4) is 0 Å². The van der Waals surface area contributed by atoms with Crippen molar-refractivity contribution in [2.45, 2.75) is 26.2 Å². The SMILES string of the molecule is Cc1cc2c(N3CCC(Cc4ccccc4)CC3)ncnc2s1. The smallest absolute Gasteiger partial charge is 0.140 e. The summed E-state index contributed by atoms with van der Waals surface area (Å²) in [6.07, 6.45) is 5.39. The van der Waals surface area contributed by atoms with Gasteiger partial charge in [0.1, 0.15) is 17.0 Å². The lowest BCUT2D eigenvalue weighted by Crippen LogP contribution is -2.35. The van der Waals surface area contributed by atoms with E-state index < -0.39 is 0 Å². The predicted octanol–water partition coefficient (Wildman–Crippen LogP) is 4.46. The first-order valence-electron chi connectivity index (χ1n) is 8.29. The van der Waals surface area contributed by atoms with Gasteiger partial charge in [0.05, 0.1) is 5.39 Å². The Morgan fingerprint density at radius 1 is 1.13 bits per heavy atom. The van der Waals surface area contributed by atoms with E-state index in [2.05, 4.69) is 58.2 Å². The molecule has 4 rings (SSSR count). The fraction of sp³-hybridized carbons (Fsp3) is 0.368. The minimum Gasteiger partial charge on any atom is -0.356 e. The zero-order chi connectivity index (χ0) is 15.6. The van der Waals surface area contributed by atoms with Crippen molar-refractivity contribution in [3.63, 3.8) is 0 Å². The zero-order valence-electron chi connectivity index (χ0n) is 13.4. The summed E-state index contributed by atoms with van der Waals surface area (Å²) in [5.41, 5.74) is 1.46. The van der Waals surface area contributed by atoms with Crippen molar-refractivity contribution in [2.24, 2.45) is 5.92 Å². The summed E-state index contributed by atoms with van der Waals surface area (Å²) in [5.74, 6) is 1.91. The minimum absolute atomic E-state index is 0.787. The summed E-state index contributed by atoms with van der Waals surface area (Å²) >= 11 is 1.75. The molecule has 118 valence electrons. The van der Waals surface area contributed by atoms with E-state index in [1.54, 1.807) is 17.7 Å². The second-order valence-corrected chi connectivity index (χ2v) is 7.63. The molecule has 1 aromatic carbocycles. The first-order chi connectivity index (χ1) is 11.3. The van der Waals surface area contributed by atoms with Gasteiger partial charge < -0.3 is 4.90 Å². The molecule has 0 saturated carbocycles. The number of piperidine rings is 1. The molecule has 4 heteroatoms. The van der Waals surface area contributed by atoms with Crippen LogP contribution in [-0.4, -0.2) is 23.1 Å². The third kappa shape index (κ3) is 3.08. The molecule has 23 heavy (non-hydrogen) atoms.